The van der Waals surface area contributed by atoms with Gasteiger partial charge in [-0.3, -0.25) is 9.10 Å². The lowest BCUT2D eigenvalue weighted by Gasteiger charge is -2.22. The van der Waals surface area contributed by atoms with E-state index in [-0.39, 0.29) is 15.7 Å². The Morgan fingerprint density at radius 3 is 2.48 bits per heavy atom. The van der Waals surface area contributed by atoms with Crippen LogP contribution in [0.5, 0.6) is 0 Å². The molecule has 0 heterocycles. The second-order valence-corrected chi connectivity index (χ2v) is 7.74. The largest absolute Gasteiger partial charge is 0.271 e. The van der Waals surface area contributed by atoms with Crippen LogP contribution in [0.1, 0.15) is 5.56 Å². The molecule has 2 rings (SSSR count). The molecule has 0 saturated carbocycles. The van der Waals surface area contributed by atoms with Crippen LogP contribution in [0.15, 0.2) is 53.6 Å². The summed E-state index contributed by atoms with van der Waals surface area (Å²) in [4.78, 5) is 12.1. The molecule has 0 unspecified atom stereocenters. The van der Waals surface area contributed by atoms with Crippen molar-refractivity contribution in [1.29, 1.82) is 0 Å². The molecule has 1 amide bonds. The van der Waals surface area contributed by atoms with Gasteiger partial charge < -0.3 is 0 Å². The lowest BCUT2D eigenvalue weighted by molar-refractivity contribution is -0.119. The Bertz CT molecular complexity index is 887. The fourth-order valence-corrected chi connectivity index (χ4v) is 3.26. The number of carbonyl (C=O) groups is 1. The fourth-order valence-electron chi connectivity index (χ4n) is 1.95. The number of carbonyl (C=O) groups excluding carboxylic acids is 1. The molecule has 0 aromatic heterocycles. The number of nitrogens with one attached hydrogen (secondary N) is 1. The Labute approximate surface area is 156 Å². The number of sulfonamides is 1. The molecule has 2 aromatic carbocycles. The van der Waals surface area contributed by atoms with Crippen molar-refractivity contribution in [3.8, 4) is 0 Å². The molecule has 0 bridgehead atoms. The zero-order valence-electron chi connectivity index (χ0n) is 13.2. The van der Waals surface area contributed by atoms with Gasteiger partial charge in [0.15, 0.2) is 0 Å². The van der Waals surface area contributed by atoms with Gasteiger partial charge in [0.05, 0.1) is 28.2 Å². The minimum atomic E-state index is -3.75. The number of anilines is 1. The van der Waals surface area contributed by atoms with Crippen LogP contribution < -0.4 is 9.73 Å². The van der Waals surface area contributed by atoms with E-state index >= 15 is 0 Å². The highest BCUT2D eigenvalue weighted by atomic mass is 35.5. The van der Waals surface area contributed by atoms with Crippen molar-refractivity contribution < 1.29 is 13.2 Å². The Kier molecular flexibility index (Phi) is 6.41. The van der Waals surface area contributed by atoms with Crippen LogP contribution in [0.25, 0.3) is 0 Å². The van der Waals surface area contributed by atoms with Crippen LogP contribution in [-0.2, 0) is 14.8 Å². The topological polar surface area (TPSA) is 78.8 Å². The zero-order valence-corrected chi connectivity index (χ0v) is 15.5. The third-order valence-corrected chi connectivity index (χ3v) is 5.03. The first-order valence-corrected chi connectivity index (χ1v) is 9.68. The zero-order chi connectivity index (χ0) is 18.4. The maximum Gasteiger partial charge on any atom is 0.260 e. The van der Waals surface area contributed by atoms with Crippen LogP contribution in [0.3, 0.4) is 0 Å². The van der Waals surface area contributed by atoms with Crippen molar-refractivity contribution in [2.75, 3.05) is 17.1 Å². The number of rotatable bonds is 6. The number of halogens is 2. The maximum absolute atomic E-state index is 12.1. The van der Waals surface area contributed by atoms with Crippen LogP contribution in [-0.4, -0.2) is 33.3 Å². The number of hydrogen-bond acceptors (Lipinski definition) is 4. The third kappa shape index (κ3) is 5.45. The van der Waals surface area contributed by atoms with E-state index in [9.17, 15) is 13.2 Å². The fraction of sp³-hybridized carbons (Fsp3) is 0.125. The van der Waals surface area contributed by atoms with Gasteiger partial charge in [-0.25, -0.2) is 13.8 Å². The van der Waals surface area contributed by atoms with Crippen molar-refractivity contribution >= 4 is 51.0 Å². The molecule has 132 valence electrons. The molecule has 0 spiro atoms. The molecule has 0 aliphatic rings. The molecule has 0 aliphatic carbocycles. The summed E-state index contributed by atoms with van der Waals surface area (Å²) < 4.78 is 24.9. The summed E-state index contributed by atoms with van der Waals surface area (Å²) in [6, 6.07) is 13.7. The summed E-state index contributed by atoms with van der Waals surface area (Å²) in [5.41, 5.74) is 3.20. The molecule has 0 aliphatic heterocycles. The molecule has 1 N–H and O–H groups in total. The maximum atomic E-state index is 12.1. The van der Waals surface area contributed by atoms with Gasteiger partial charge in [0, 0.05) is 0 Å². The number of benzene rings is 2. The predicted molar refractivity (Wildman–Crippen MR) is 101 cm³/mol. The van der Waals surface area contributed by atoms with E-state index in [4.69, 9.17) is 23.2 Å². The Morgan fingerprint density at radius 2 is 1.84 bits per heavy atom. The molecule has 6 nitrogen and oxygen atoms in total. The summed E-state index contributed by atoms with van der Waals surface area (Å²) in [6.45, 7) is -0.481. The molecular weight excluding hydrogens is 385 g/mol. The first kappa shape index (κ1) is 19.2. The summed E-state index contributed by atoms with van der Waals surface area (Å²) in [5.74, 6) is -0.617. The van der Waals surface area contributed by atoms with Crippen molar-refractivity contribution in [2.45, 2.75) is 0 Å². The van der Waals surface area contributed by atoms with E-state index in [1.165, 1.54) is 18.3 Å². The number of amides is 1. The average Bonchev–Trinajstić information content (AvgIpc) is 2.55. The normalized spacial score (nSPS) is 11.5. The molecule has 0 radical (unpaired) electrons. The van der Waals surface area contributed by atoms with Gasteiger partial charge in [0.2, 0.25) is 10.0 Å². The van der Waals surface area contributed by atoms with Gasteiger partial charge in [-0.15, -0.1) is 0 Å². The van der Waals surface area contributed by atoms with Crippen LogP contribution in [0.4, 0.5) is 5.69 Å². The molecule has 0 saturated heterocycles. The van der Waals surface area contributed by atoms with E-state index in [1.807, 2.05) is 30.3 Å². The molecule has 0 fully saturated rings. The Hall–Kier alpha value is -2.09. The van der Waals surface area contributed by atoms with E-state index < -0.39 is 22.5 Å². The summed E-state index contributed by atoms with van der Waals surface area (Å²) in [7, 11) is -3.75. The quantitative estimate of drug-likeness (QED) is 0.598. The van der Waals surface area contributed by atoms with E-state index in [1.54, 1.807) is 6.07 Å². The van der Waals surface area contributed by atoms with Crippen molar-refractivity contribution in [3.05, 3.63) is 64.1 Å². The first-order chi connectivity index (χ1) is 11.8. The van der Waals surface area contributed by atoms with Crippen molar-refractivity contribution in [2.24, 2.45) is 5.10 Å². The lowest BCUT2D eigenvalue weighted by atomic mass is 10.2. The Morgan fingerprint density at radius 1 is 1.16 bits per heavy atom. The predicted octanol–water partition coefficient (Wildman–Crippen LogP) is 2.91. The van der Waals surface area contributed by atoms with E-state index in [0.717, 1.165) is 16.1 Å². The number of nitrogens with zero attached hydrogens (tertiary/aromatic N) is 2. The standard InChI is InChI=1S/C16H15Cl2N3O3S/c1-25(23,24)21(14-9-5-8-13(17)16(14)18)11-15(22)20-19-10-12-6-3-2-4-7-12/h2-10H,11H2,1H3,(H,20,22)/b19-10-. The first-order valence-electron chi connectivity index (χ1n) is 7.07. The van der Waals surface area contributed by atoms with Gasteiger partial charge in [-0.2, -0.15) is 5.10 Å². The van der Waals surface area contributed by atoms with Crippen molar-refractivity contribution in [3.63, 3.8) is 0 Å². The van der Waals surface area contributed by atoms with Gasteiger partial charge in [0.1, 0.15) is 6.54 Å². The van der Waals surface area contributed by atoms with Crippen LogP contribution in [0.2, 0.25) is 10.0 Å². The summed E-state index contributed by atoms with van der Waals surface area (Å²) >= 11 is 12.0. The number of hydrogen-bond donors (Lipinski definition) is 1. The third-order valence-electron chi connectivity index (χ3n) is 3.09. The van der Waals surface area contributed by atoms with Gasteiger partial charge in [-0.1, -0.05) is 59.6 Å². The van der Waals surface area contributed by atoms with Crippen LogP contribution >= 0.6 is 23.2 Å². The minimum Gasteiger partial charge on any atom is -0.271 e. The SMILES string of the molecule is CS(=O)(=O)N(CC(=O)N/N=C\c1ccccc1)c1cccc(Cl)c1Cl. The van der Waals surface area contributed by atoms with Crippen LogP contribution in [0, 0.1) is 0 Å². The highest BCUT2D eigenvalue weighted by Crippen LogP contribution is 2.33. The smallest absolute Gasteiger partial charge is 0.260 e. The lowest BCUT2D eigenvalue weighted by Crippen LogP contribution is -2.39. The molecule has 2 aromatic rings. The molecule has 0 atom stereocenters. The summed E-state index contributed by atoms with van der Waals surface area (Å²) in [6.07, 6.45) is 2.43. The Balaban J connectivity index is 2.14. The number of hydrazone groups is 1. The van der Waals surface area contributed by atoms with Gasteiger partial charge >= 0.3 is 0 Å². The highest BCUT2D eigenvalue weighted by molar-refractivity contribution is 7.92. The average molecular weight is 400 g/mol. The second-order valence-electron chi connectivity index (χ2n) is 5.05. The van der Waals surface area contributed by atoms with E-state index in [2.05, 4.69) is 10.5 Å². The van der Waals surface area contributed by atoms with Gasteiger partial charge in [-0.05, 0) is 17.7 Å². The van der Waals surface area contributed by atoms with E-state index in [0.29, 0.717) is 0 Å². The molecule has 25 heavy (non-hydrogen) atoms. The second kappa shape index (κ2) is 8.33. The monoisotopic (exact) mass is 399 g/mol. The minimum absolute atomic E-state index is 0.0511. The molecular formula is C16H15Cl2N3O3S. The van der Waals surface area contributed by atoms with Crippen molar-refractivity contribution in [1.82, 2.24) is 5.43 Å². The summed E-state index contributed by atoms with van der Waals surface area (Å²) in [5, 5.41) is 4.05. The molecule has 9 heteroatoms. The van der Waals surface area contributed by atoms with Gasteiger partial charge in [0.25, 0.3) is 5.91 Å². The highest BCUT2D eigenvalue weighted by Gasteiger charge is 2.23.